The molecule has 1 aromatic carbocycles. The van der Waals surface area contributed by atoms with Crippen LogP contribution in [0, 0.1) is 0 Å². The van der Waals surface area contributed by atoms with E-state index in [0.29, 0.717) is 21.8 Å². The van der Waals surface area contributed by atoms with Gasteiger partial charge in [-0.25, -0.2) is 9.78 Å². The maximum atomic E-state index is 12.1. The first-order chi connectivity index (χ1) is 11.5. The Morgan fingerprint density at radius 1 is 1.21 bits per heavy atom. The van der Waals surface area contributed by atoms with Crippen molar-refractivity contribution < 1.29 is 14.3 Å². The van der Waals surface area contributed by atoms with Crippen LogP contribution in [-0.2, 0) is 4.74 Å². The van der Waals surface area contributed by atoms with E-state index in [-0.39, 0.29) is 18.0 Å². The van der Waals surface area contributed by atoms with E-state index in [4.69, 9.17) is 4.74 Å². The molecular formula is C17H15N3O3S. The predicted octanol–water partition coefficient (Wildman–Crippen LogP) is 3.51. The summed E-state index contributed by atoms with van der Waals surface area (Å²) in [6, 6.07) is 8.50. The summed E-state index contributed by atoms with van der Waals surface area (Å²) in [4.78, 5) is 32.4. The highest BCUT2D eigenvalue weighted by Crippen LogP contribution is 2.27. The minimum absolute atomic E-state index is 0.177. The summed E-state index contributed by atoms with van der Waals surface area (Å²) in [5, 5.41) is 3.21. The van der Waals surface area contributed by atoms with Crippen molar-refractivity contribution >= 4 is 38.6 Å². The minimum atomic E-state index is -0.374. The Kier molecular flexibility index (Phi) is 4.52. The number of ether oxygens (including phenoxy) is 1. The number of esters is 1. The number of rotatable bonds is 4. The smallest absolute Gasteiger partial charge is 0.338 e. The lowest BCUT2D eigenvalue weighted by atomic mass is 10.2. The van der Waals surface area contributed by atoms with Gasteiger partial charge in [0, 0.05) is 12.4 Å². The number of amides is 1. The normalized spacial score (nSPS) is 10.8. The van der Waals surface area contributed by atoms with Gasteiger partial charge in [-0.05, 0) is 44.2 Å². The standard InChI is InChI=1S/C17H15N3O3S/c1-10(2)23-16(22)11-5-6-13-14(8-11)24-17(19-13)20-15(21)12-4-3-7-18-9-12/h3-10H,1-2H3,(H,19,20,21). The first-order valence-corrected chi connectivity index (χ1v) is 8.17. The number of hydrogen-bond acceptors (Lipinski definition) is 6. The van der Waals surface area contributed by atoms with Crippen molar-refractivity contribution in [1.82, 2.24) is 9.97 Å². The summed E-state index contributed by atoms with van der Waals surface area (Å²) < 4.78 is 5.98. The van der Waals surface area contributed by atoms with Gasteiger partial charge in [0.1, 0.15) is 0 Å². The number of benzene rings is 1. The second-order valence-electron chi connectivity index (χ2n) is 5.35. The third-order valence-electron chi connectivity index (χ3n) is 3.11. The zero-order chi connectivity index (χ0) is 17.1. The molecule has 0 saturated heterocycles. The number of fused-ring (bicyclic) bond motifs is 1. The van der Waals surface area contributed by atoms with Crippen molar-refractivity contribution in [2.45, 2.75) is 20.0 Å². The van der Waals surface area contributed by atoms with Crippen LogP contribution in [0.1, 0.15) is 34.6 Å². The Hall–Kier alpha value is -2.80. The molecule has 0 aliphatic carbocycles. The van der Waals surface area contributed by atoms with Gasteiger partial charge in [0.25, 0.3) is 5.91 Å². The predicted molar refractivity (Wildman–Crippen MR) is 92.4 cm³/mol. The quantitative estimate of drug-likeness (QED) is 0.735. The average Bonchev–Trinajstić information content (AvgIpc) is 2.96. The molecule has 0 bridgehead atoms. The number of thiazole rings is 1. The van der Waals surface area contributed by atoms with Crippen LogP contribution >= 0.6 is 11.3 Å². The van der Waals surface area contributed by atoms with E-state index < -0.39 is 0 Å². The molecular weight excluding hydrogens is 326 g/mol. The van der Waals surface area contributed by atoms with Crippen LogP contribution in [-0.4, -0.2) is 27.9 Å². The lowest BCUT2D eigenvalue weighted by molar-refractivity contribution is 0.0378. The molecule has 0 fully saturated rings. The molecule has 0 aliphatic heterocycles. The molecule has 2 aromatic heterocycles. The molecule has 7 heteroatoms. The molecule has 3 aromatic rings. The molecule has 0 aliphatic rings. The molecule has 0 spiro atoms. The van der Waals surface area contributed by atoms with Gasteiger partial charge in [0.05, 0.1) is 27.4 Å². The average molecular weight is 341 g/mol. The molecule has 1 N–H and O–H groups in total. The van der Waals surface area contributed by atoms with E-state index in [2.05, 4.69) is 15.3 Å². The van der Waals surface area contributed by atoms with E-state index >= 15 is 0 Å². The Morgan fingerprint density at radius 2 is 2.04 bits per heavy atom. The molecule has 122 valence electrons. The van der Waals surface area contributed by atoms with E-state index in [9.17, 15) is 9.59 Å². The van der Waals surface area contributed by atoms with Crippen molar-refractivity contribution in [2.24, 2.45) is 0 Å². The maximum Gasteiger partial charge on any atom is 0.338 e. The zero-order valence-corrected chi connectivity index (χ0v) is 14.0. The number of nitrogens with zero attached hydrogens (tertiary/aromatic N) is 2. The first-order valence-electron chi connectivity index (χ1n) is 7.36. The molecule has 0 unspecified atom stereocenters. The van der Waals surface area contributed by atoms with Crippen LogP contribution in [0.3, 0.4) is 0 Å². The number of carbonyl (C=O) groups excluding carboxylic acids is 2. The SMILES string of the molecule is CC(C)OC(=O)c1ccc2nc(NC(=O)c3cccnc3)sc2c1. The van der Waals surface area contributed by atoms with Crippen molar-refractivity contribution in [3.8, 4) is 0 Å². The number of anilines is 1. The van der Waals surface area contributed by atoms with Crippen LogP contribution in [0.25, 0.3) is 10.2 Å². The van der Waals surface area contributed by atoms with E-state index in [1.54, 1.807) is 50.4 Å². The monoisotopic (exact) mass is 341 g/mol. The highest BCUT2D eigenvalue weighted by molar-refractivity contribution is 7.22. The molecule has 6 nitrogen and oxygen atoms in total. The van der Waals surface area contributed by atoms with Gasteiger partial charge in [0.2, 0.25) is 0 Å². The van der Waals surface area contributed by atoms with Crippen LogP contribution in [0.2, 0.25) is 0 Å². The second-order valence-corrected chi connectivity index (χ2v) is 6.38. The van der Waals surface area contributed by atoms with E-state index in [0.717, 1.165) is 4.70 Å². The van der Waals surface area contributed by atoms with Gasteiger partial charge in [0.15, 0.2) is 5.13 Å². The fourth-order valence-electron chi connectivity index (χ4n) is 2.05. The maximum absolute atomic E-state index is 12.1. The number of aromatic nitrogens is 2. The second kappa shape index (κ2) is 6.76. The van der Waals surface area contributed by atoms with Crippen LogP contribution < -0.4 is 5.32 Å². The largest absolute Gasteiger partial charge is 0.459 e. The summed E-state index contributed by atoms with van der Waals surface area (Å²) in [5.41, 5.74) is 1.63. The summed E-state index contributed by atoms with van der Waals surface area (Å²) in [6.07, 6.45) is 2.92. The van der Waals surface area contributed by atoms with Crippen molar-refractivity contribution in [2.75, 3.05) is 5.32 Å². The molecule has 0 radical (unpaired) electrons. The van der Waals surface area contributed by atoms with Gasteiger partial charge in [-0.1, -0.05) is 11.3 Å². The van der Waals surface area contributed by atoms with E-state index in [1.165, 1.54) is 17.5 Å². The van der Waals surface area contributed by atoms with Gasteiger partial charge in [-0.15, -0.1) is 0 Å². The lowest BCUT2D eigenvalue weighted by Gasteiger charge is -2.07. The highest BCUT2D eigenvalue weighted by Gasteiger charge is 2.13. The Morgan fingerprint density at radius 3 is 2.75 bits per heavy atom. The summed E-state index contributed by atoms with van der Waals surface area (Å²) in [7, 11) is 0. The van der Waals surface area contributed by atoms with E-state index in [1.807, 2.05) is 0 Å². The Bertz CT molecular complexity index is 890. The number of pyridine rings is 1. The van der Waals surface area contributed by atoms with Gasteiger partial charge < -0.3 is 4.74 Å². The lowest BCUT2D eigenvalue weighted by Crippen LogP contribution is -2.11. The summed E-state index contributed by atoms with van der Waals surface area (Å²) >= 11 is 1.30. The number of carbonyl (C=O) groups is 2. The molecule has 0 atom stereocenters. The molecule has 0 saturated carbocycles. The Labute approximate surface area is 142 Å². The third kappa shape index (κ3) is 3.57. The number of hydrogen-bond donors (Lipinski definition) is 1. The topological polar surface area (TPSA) is 81.2 Å². The van der Waals surface area contributed by atoms with Gasteiger partial charge in [-0.3, -0.25) is 15.1 Å². The number of nitrogens with one attached hydrogen (secondary N) is 1. The van der Waals surface area contributed by atoms with Gasteiger partial charge >= 0.3 is 5.97 Å². The van der Waals surface area contributed by atoms with Crippen molar-refractivity contribution in [1.29, 1.82) is 0 Å². The van der Waals surface area contributed by atoms with Crippen LogP contribution in [0.4, 0.5) is 5.13 Å². The minimum Gasteiger partial charge on any atom is -0.459 e. The molecule has 24 heavy (non-hydrogen) atoms. The van der Waals surface area contributed by atoms with Gasteiger partial charge in [-0.2, -0.15) is 0 Å². The fraction of sp³-hybridized carbons (Fsp3) is 0.176. The zero-order valence-electron chi connectivity index (χ0n) is 13.1. The first kappa shape index (κ1) is 16.1. The van der Waals surface area contributed by atoms with Crippen LogP contribution in [0.5, 0.6) is 0 Å². The summed E-state index contributed by atoms with van der Waals surface area (Å²) in [6.45, 7) is 3.60. The van der Waals surface area contributed by atoms with Crippen molar-refractivity contribution in [3.63, 3.8) is 0 Å². The van der Waals surface area contributed by atoms with Crippen molar-refractivity contribution in [3.05, 3.63) is 53.9 Å². The molecule has 2 heterocycles. The molecule has 3 rings (SSSR count). The van der Waals surface area contributed by atoms with Crippen LogP contribution in [0.15, 0.2) is 42.7 Å². The Balaban J connectivity index is 1.81. The highest BCUT2D eigenvalue weighted by atomic mass is 32.1. The third-order valence-corrected chi connectivity index (χ3v) is 4.04. The molecule has 1 amide bonds. The fourth-order valence-corrected chi connectivity index (χ4v) is 2.95. The summed E-state index contributed by atoms with van der Waals surface area (Å²) in [5.74, 6) is -0.650.